The zero-order chi connectivity index (χ0) is 20.2. The van der Waals surface area contributed by atoms with Crippen LogP contribution in [0.5, 0.6) is 0 Å². The summed E-state index contributed by atoms with van der Waals surface area (Å²) in [5, 5.41) is 3.47. The second kappa shape index (κ2) is 8.01. The van der Waals surface area contributed by atoms with Crippen LogP contribution in [-0.2, 0) is 23.8 Å². The van der Waals surface area contributed by atoms with Crippen LogP contribution in [0.2, 0.25) is 0 Å². The number of H-pyrrole nitrogens is 1. The van der Waals surface area contributed by atoms with E-state index in [1.807, 2.05) is 4.98 Å². The maximum atomic E-state index is 14.0. The van der Waals surface area contributed by atoms with E-state index in [2.05, 4.69) is 10.0 Å². The molecule has 0 aromatic carbocycles. The molecule has 1 aromatic heterocycles. The summed E-state index contributed by atoms with van der Waals surface area (Å²) in [6.45, 7) is 0.172. The lowest BCUT2D eigenvalue weighted by molar-refractivity contribution is -0.179. The van der Waals surface area contributed by atoms with Crippen molar-refractivity contribution >= 4 is 11.9 Å². The lowest BCUT2D eigenvalue weighted by Gasteiger charge is -2.30. The Balaban J connectivity index is 2.58. The molecule has 13 heteroatoms. The number of carbonyl (C=O) groups is 2. The molecule has 146 valence electrons. The average Bonchev–Trinajstić information content (AvgIpc) is 2.87. The van der Waals surface area contributed by atoms with E-state index in [-0.39, 0.29) is 0 Å². The quantitative estimate of drug-likeness (QED) is 0.310. The third kappa shape index (κ3) is 4.15. The maximum Gasteiger partial charge on any atom is 0.330 e. The first-order valence-electron chi connectivity index (χ1n) is 7.64. The normalized spacial score (nSPS) is 26.9. The summed E-state index contributed by atoms with van der Waals surface area (Å²) in [4.78, 5) is 50.6. The standard InChI is InChI=1S/C14H16FN5O7/c1-7(21)25-6-14(5-15)11(26-8(2)22)10(18-19-16)12(27-14)20-4-3-9(23)17-13(20)24/h3-4,10-12H,5-6H2,1-2H3,(H,17,23,24)/t10?,11-,12+,14+/m0/s1. The summed E-state index contributed by atoms with van der Waals surface area (Å²) in [5.74, 6) is -1.59. The van der Waals surface area contributed by atoms with Gasteiger partial charge in [0.1, 0.15) is 25.4 Å². The van der Waals surface area contributed by atoms with Crippen LogP contribution in [0.1, 0.15) is 20.1 Å². The first-order valence-corrected chi connectivity index (χ1v) is 7.64. The number of rotatable bonds is 6. The van der Waals surface area contributed by atoms with Gasteiger partial charge >= 0.3 is 17.6 Å². The number of nitrogens with zero attached hydrogens (tertiary/aromatic N) is 4. The van der Waals surface area contributed by atoms with Crippen LogP contribution in [0.3, 0.4) is 0 Å². The van der Waals surface area contributed by atoms with E-state index in [1.54, 1.807) is 0 Å². The highest BCUT2D eigenvalue weighted by atomic mass is 19.1. The highest BCUT2D eigenvalue weighted by molar-refractivity contribution is 5.67. The minimum absolute atomic E-state index is 0.664. The molecule has 2 heterocycles. The first-order chi connectivity index (χ1) is 12.7. The number of hydrogen-bond donors (Lipinski definition) is 1. The van der Waals surface area contributed by atoms with Gasteiger partial charge in [-0.2, -0.15) is 0 Å². The van der Waals surface area contributed by atoms with Gasteiger partial charge in [-0.25, -0.2) is 9.18 Å². The molecule has 1 aliphatic rings. The van der Waals surface area contributed by atoms with Crippen molar-refractivity contribution in [3.63, 3.8) is 0 Å². The van der Waals surface area contributed by atoms with E-state index < -0.39 is 60.4 Å². The number of aromatic amines is 1. The van der Waals surface area contributed by atoms with Crippen molar-refractivity contribution < 1.29 is 28.2 Å². The van der Waals surface area contributed by atoms with Crippen LogP contribution >= 0.6 is 0 Å². The summed E-state index contributed by atoms with van der Waals surface area (Å²) in [7, 11) is 0. The van der Waals surface area contributed by atoms with Crippen molar-refractivity contribution in [2.24, 2.45) is 5.11 Å². The van der Waals surface area contributed by atoms with Gasteiger partial charge in [0.15, 0.2) is 11.8 Å². The maximum absolute atomic E-state index is 14.0. The molecule has 0 saturated carbocycles. The van der Waals surface area contributed by atoms with E-state index in [9.17, 15) is 23.6 Å². The summed E-state index contributed by atoms with van der Waals surface area (Å²) < 4.78 is 30.3. The molecule has 12 nitrogen and oxygen atoms in total. The van der Waals surface area contributed by atoms with Gasteiger partial charge in [-0.3, -0.25) is 23.9 Å². The molecule has 27 heavy (non-hydrogen) atoms. The van der Waals surface area contributed by atoms with E-state index in [0.717, 1.165) is 30.7 Å². The van der Waals surface area contributed by atoms with Crippen LogP contribution < -0.4 is 11.2 Å². The molecule has 4 atom stereocenters. The van der Waals surface area contributed by atoms with Crippen molar-refractivity contribution in [3.8, 4) is 0 Å². The molecule has 1 aliphatic heterocycles. The molecule has 1 fully saturated rings. The van der Waals surface area contributed by atoms with Crippen LogP contribution in [0.25, 0.3) is 10.4 Å². The lowest BCUT2D eigenvalue weighted by Crippen LogP contribution is -2.51. The Bertz CT molecular complexity index is 892. The Labute approximate surface area is 150 Å². The number of azide groups is 1. The van der Waals surface area contributed by atoms with Crippen LogP contribution in [0.4, 0.5) is 4.39 Å². The third-order valence-corrected chi connectivity index (χ3v) is 3.83. The number of alkyl halides is 1. The number of ether oxygens (including phenoxy) is 3. The molecule has 1 aromatic rings. The van der Waals surface area contributed by atoms with Gasteiger partial charge in [-0.05, 0) is 5.53 Å². The van der Waals surface area contributed by atoms with E-state index in [0.29, 0.717) is 0 Å². The Morgan fingerprint density at radius 1 is 1.44 bits per heavy atom. The van der Waals surface area contributed by atoms with Gasteiger partial charge < -0.3 is 14.2 Å². The number of hydrogen-bond acceptors (Lipinski definition) is 8. The predicted molar refractivity (Wildman–Crippen MR) is 85.3 cm³/mol. The van der Waals surface area contributed by atoms with Gasteiger partial charge in [0.05, 0.1) is 0 Å². The summed E-state index contributed by atoms with van der Waals surface area (Å²) in [6, 6.07) is -0.380. The zero-order valence-electron chi connectivity index (χ0n) is 14.3. The van der Waals surface area contributed by atoms with Gasteiger partial charge in [-0.15, -0.1) is 0 Å². The Hall–Kier alpha value is -3.18. The van der Waals surface area contributed by atoms with E-state index >= 15 is 0 Å². The molecule has 2 rings (SSSR count). The van der Waals surface area contributed by atoms with Crippen molar-refractivity contribution in [2.75, 3.05) is 13.3 Å². The summed E-state index contributed by atoms with van der Waals surface area (Å²) >= 11 is 0. The number of carbonyl (C=O) groups excluding carboxylic acids is 2. The van der Waals surface area contributed by atoms with Gasteiger partial charge in [0.2, 0.25) is 0 Å². The number of esters is 2. The SMILES string of the molecule is CC(=O)OC[C@@]1(CF)O[C@@H](n2ccc(=O)[nH]c2=O)C(N=[N+]=[N-])[C@@H]1OC(C)=O. The highest BCUT2D eigenvalue weighted by Crippen LogP contribution is 2.41. The molecule has 0 radical (unpaired) electrons. The molecular weight excluding hydrogens is 369 g/mol. The fourth-order valence-electron chi connectivity index (χ4n) is 2.71. The Morgan fingerprint density at radius 2 is 2.15 bits per heavy atom. The van der Waals surface area contributed by atoms with Crippen LogP contribution in [-0.4, -0.2) is 52.5 Å². The highest BCUT2D eigenvalue weighted by Gasteiger charge is 2.59. The van der Waals surface area contributed by atoms with Crippen molar-refractivity contribution in [3.05, 3.63) is 43.5 Å². The fraction of sp³-hybridized carbons (Fsp3) is 0.571. The fourth-order valence-corrected chi connectivity index (χ4v) is 2.71. The van der Waals surface area contributed by atoms with Crippen LogP contribution in [0.15, 0.2) is 27.0 Å². The summed E-state index contributed by atoms with van der Waals surface area (Å²) in [6.07, 6.45) is -1.88. The smallest absolute Gasteiger partial charge is 0.330 e. The van der Waals surface area contributed by atoms with Crippen molar-refractivity contribution in [1.82, 2.24) is 9.55 Å². The second-order valence-electron chi connectivity index (χ2n) is 5.73. The van der Waals surface area contributed by atoms with Crippen molar-refractivity contribution in [1.29, 1.82) is 0 Å². The predicted octanol–water partition coefficient (Wildman–Crippen LogP) is -0.0526. The number of nitrogens with one attached hydrogen (secondary N) is 1. The van der Waals surface area contributed by atoms with Gasteiger partial charge in [-0.1, -0.05) is 5.11 Å². The number of halogens is 1. The minimum Gasteiger partial charge on any atom is -0.463 e. The third-order valence-electron chi connectivity index (χ3n) is 3.83. The van der Waals surface area contributed by atoms with Gasteiger partial charge in [0.25, 0.3) is 5.56 Å². The molecule has 0 bridgehead atoms. The number of aromatic nitrogens is 2. The monoisotopic (exact) mass is 385 g/mol. The van der Waals surface area contributed by atoms with Crippen LogP contribution in [0, 0.1) is 0 Å². The first kappa shape index (κ1) is 20.1. The molecule has 1 saturated heterocycles. The lowest BCUT2D eigenvalue weighted by atomic mass is 9.96. The van der Waals surface area contributed by atoms with E-state index in [1.165, 1.54) is 0 Å². The zero-order valence-corrected chi connectivity index (χ0v) is 14.3. The molecule has 0 spiro atoms. The Morgan fingerprint density at radius 3 is 2.67 bits per heavy atom. The molecular formula is C14H16FN5O7. The average molecular weight is 385 g/mol. The summed E-state index contributed by atoms with van der Waals surface area (Å²) in [5.41, 5.74) is 5.22. The topological polar surface area (TPSA) is 165 Å². The van der Waals surface area contributed by atoms with E-state index in [4.69, 9.17) is 19.7 Å². The molecule has 1 N–H and O–H groups in total. The molecule has 0 amide bonds. The molecule has 1 unspecified atom stereocenters. The Kier molecular flexibility index (Phi) is 5.98. The second-order valence-corrected chi connectivity index (χ2v) is 5.73. The molecule has 0 aliphatic carbocycles. The van der Waals surface area contributed by atoms with Crippen molar-refractivity contribution in [2.45, 2.75) is 37.8 Å². The van der Waals surface area contributed by atoms with Gasteiger partial charge in [0, 0.05) is 31.0 Å². The minimum atomic E-state index is -2.02. The largest absolute Gasteiger partial charge is 0.463 e.